The fourth-order valence-electron chi connectivity index (χ4n) is 2.63. The van der Waals surface area contributed by atoms with E-state index < -0.39 is 45.7 Å². The Morgan fingerprint density at radius 1 is 1.42 bits per heavy atom. The second kappa shape index (κ2) is 7.48. The molecule has 9 heteroatoms. The predicted molar refractivity (Wildman–Crippen MR) is 86.1 cm³/mol. The first-order valence-electron chi connectivity index (χ1n) is 7.36. The molecule has 1 aromatic rings. The third-order valence-corrected chi connectivity index (χ3v) is 5.87. The SMILES string of the molecule is CCN(C(=O)COC(=O)c1c(F)cccc1Cl)C1CCS(=O)(=O)C1. The average Bonchev–Trinajstić information content (AvgIpc) is 2.85. The highest BCUT2D eigenvalue weighted by Gasteiger charge is 2.34. The number of amides is 1. The molecule has 2 rings (SSSR count). The van der Waals surface area contributed by atoms with Crippen molar-refractivity contribution in [2.24, 2.45) is 0 Å². The quantitative estimate of drug-likeness (QED) is 0.729. The Labute approximate surface area is 144 Å². The van der Waals surface area contributed by atoms with Crippen LogP contribution in [-0.2, 0) is 19.4 Å². The Bertz CT molecular complexity index is 732. The highest BCUT2D eigenvalue weighted by molar-refractivity contribution is 7.91. The van der Waals surface area contributed by atoms with Crippen molar-refractivity contribution >= 4 is 33.3 Å². The number of rotatable bonds is 5. The number of halogens is 2. The number of benzene rings is 1. The van der Waals surface area contributed by atoms with E-state index in [0.717, 1.165) is 6.07 Å². The molecule has 0 aliphatic carbocycles. The topological polar surface area (TPSA) is 80.8 Å². The zero-order valence-electron chi connectivity index (χ0n) is 13.0. The molecule has 1 saturated heterocycles. The molecule has 1 aliphatic heterocycles. The van der Waals surface area contributed by atoms with E-state index in [9.17, 15) is 22.4 Å². The molecule has 0 aromatic heterocycles. The highest BCUT2D eigenvalue weighted by atomic mass is 35.5. The highest BCUT2D eigenvalue weighted by Crippen LogP contribution is 2.21. The summed E-state index contributed by atoms with van der Waals surface area (Å²) in [6.07, 6.45) is 0.356. The van der Waals surface area contributed by atoms with Gasteiger partial charge < -0.3 is 9.64 Å². The van der Waals surface area contributed by atoms with Gasteiger partial charge in [0.15, 0.2) is 16.4 Å². The monoisotopic (exact) mass is 377 g/mol. The van der Waals surface area contributed by atoms with Crippen molar-refractivity contribution in [2.75, 3.05) is 24.7 Å². The molecule has 0 radical (unpaired) electrons. The fraction of sp³-hybridized carbons (Fsp3) is 0.467. The molecule has 0 bridgehead atoms. The summed E-state index contributed by atoms with van der Waals surface area (Å²) in [7, 11) is -3.14. The second-order valence-electron chi connectivity index (χ2n) is 5.41. The number of nitrogens with zero attached hydrogens (tertiary/aromatic N) is 1. The molecule has 0 spiro atoms. The maximum absolute atomic E-state index is 13.6. The van der Waals surface area contributed by atoms with Crippen LogP contribution in [0.25, 0.3) is 0 Å². The zero-order valence-corrected chi connectivity index (χ0v) is 14.6. The number of esters is 1. The molecule has 1 aliphatic rings. The first kappa shape index (κ1) is 18.7. The lowest BCUT2D eigenvalue weighted by molar-refractivity contribution is -0.136. The van der Waals surface area contributed by atoms with E-state index in [0.29, 0.717) is 6.42 Å². The number of hydrogen-bond donors (Lipinski definition) is 0. The standard InChI is InChI=1S/C15H17ClFNO5S/c1-2-18(10-6-7-24(21,22)9-10)13(19)8-23-15(20)14-11(16)4-3-5-12(14)17/h3-5,10H,2,6-9H2,1H3. The van der Waals surface area contributed by atoms with Crippen molar-refractivity contribution in [3.8, 4) is 0 Å². The number of sulfone groups is 1. The summed E-state index contributed by atoms with van der Waals surface area (Å²) in [4.78, 5) is 25.5. The maximum atomic E-state index is 13.6. The number of ether oxygens (including phenoxy) is 1. The largest absolute Gasteiger partial charge is 0.452 e. The van der Waals surface area contributed by atoms with Gasteiger partial charge in [-0.2, -0.15) is 0 Å². The lowest BCUT2D eigenvalue weighted by atomic mass is 10.2. The van der Waals surface area contributed by atoms with Crippen LogP contribution in [0.5, 0.6) is 0 Å². The fourth-order valence-corrected chi connectivity index (χ4v) is 4.61. The lowest BCUT2D eigenvalue weighted by Crippen LogP contribution is -2.43. The molecule has 0 saturated carbocycles. The van der Waals surface area contributed by atoms with Crippen LogP contribution < -0.4 is 0 Å². The minimum Gasteiger partial charge on any atom is -0.452 e. The summed E-state index contributed by atoms with van der Waals surface area (Å²) < 4.78 is 41.5. The number of carbonyl (C=O) groups excluding carboxylic acids is 2. The summed E-state index contributed by atoms with van der Waals surface area (Å²) in [5.41, 5.74) is -0.432. The molecule has 1 amide bonds. The maximum Gasteiger partial charge on any atom is 0.343 e. The van der Waals surface area contributed by atoms with Gasteiger partial charge in [0.05, 0.1) is 16.5 Å². The van der Waals surface area contributed by atoms with E-state index >= 15 is 0 Å². The Morgan fingerprint density at radius 3 is 2.67 bits per heavy atom. The summed E-state index contributed by atoms with van der Waals surface area (Å²) in [6, 6.07) is 3.32. The molecular weight excluding hydrogens is 361 g/mol. The van der Waals surface area contributed by atoms with E-state index in [4.69, 9.17) is 16.3 Å². The van der Waals surface area contributed by atoms with Crippen LogP contribution in [0.3, 0.4) is 0 Å². The van der Waals surface area contributed by atoms with E-state index in [-0.39, 0.29) is 23.1 Å². The van der Waals surface area contributed by atoms with Crippen molar-refractivity contribution in [2.45, 2.75) is 19.4 Å². The van der Waals surface area contributed by atoms with Crippen LogP contribution >= 0.6 is 11.6 Å². The second-order valence-corrected chi connectivity index (χ2v) is 8.05. The first-order chi connectivity index (χ1) is 11.2. The third-order valence-electron chi connectivity index (χ3n) is 3.80. The Hall–Kier alpha value is -1.67. The molecule has 1 fully saturated rings. The average molecular weight is 378 g/mol. The normalized spacial score (nSPS) is 19.0. The van der Waals surface area contributed by atoms with Crippen LogP contribution in [0.2, 0.25) is 5.02 Å². The predicted octanol–water partition coefficient (Wildman–Crippen LogP) is 1.67. The van der Waals surface area contributed by atoms with E-state index in [2.05, 4.69) is 0 Å². The number of likely N-dealkylation sites (N-methyl/N-ethyl adjacent to an activating group) is 1. The summed E-state index contributed by atoms with van der Waals surface area (Å²) >= 11 is 5.76. The Kier molecular flexibility index (Phi) is 5.82. The minimum atomic E-state index is -3.14. The van der Waals surface area contributed by atoms with Crippen LogP contribution in [0.1, 0.15) is 23.7 Å². The van der Waals surface area contributed by atoms with E-state index in [1.165, 1.54) is 17.0 Å². The third kappa shape index (κ3) is 4.24. The van der Waals surface area contributed by atoms with Crippen molar-refractivity contribution < 1.29 is 27.1 Å². The minimum absolute atomic E-state index is 0.0338. The van der Waals surface area contributed by atoms with E-state index in [1.54, 1.807) is 6.92 Å². The molecule has 24 heavy (non-hydrogen) atoms. The molecule has 1 atom stereocenters. The number of hydrogen-bond acceptors (Lipinski definition) is 5. The lowest BCUT2D eigenvalue weighted by Gasteiger charge is -2.26. The first-order valence-corrected chi connectivity index (χ1v) is 9.56. The molecular formula is C15H17ClFNO5S. The van der Waals surface area contributed by atoms with E-state index in [1.807, 2.05) is 0 Å². The van der Waals surface area contributed by atoms with Gasteiger partial charge in [-0.1, -0.05) is 17.7 Å². The van der Waals surface area contributed by atoms with Crippen LogP contribution in [0, 0.1) is 5.82 Å². The van der Waals surface area contributed by atoms with Crippen molar-refractivity contribution in [3.63, 3.8) is 0 Å². The molecule has 132 valence electrons. The van der Waals surface area contributed by atoms with Crippen LogP contribution in [0.4, 0.5) is 4.39 Å². The van der Waals surface area contributed by atoms with Crippen molar-refractivity contribution in [3.05, 3.63) is 34.6 Å². The summed E-state index contributed by atoms with van der Waals surface area (Å²) in [6.45, 7) is 1.39. The van der Waals surface area contributed by atoms with Gasteiger partial charge in [0.2, 0.25) is 0 Å². The molecule has 1 unspecified atom stereocenters. The zero-order chi connectivity index (χ0) is 17.9. The van der Waals surface area contributed by atoms with Gasteiger partial charge >= 0.3 is 5.97 Å². The Balaban J connectivity index is 2.00. The van der Waals surface area contributed by atoms with Gasteiger partial charge in [0.25, 0.3) is 5.91 Å². The molecule has 1 heterocycles. The van der Waals surface area contributed by atoms with Gasteiger partial charge in [0, 0.05) is 12.6 Å². The van der Waals surface area contributed by atoms with Gasteiger partial charge in [-0.15, -0.1) is 0 Å². The van der Waals surface area contributed by atoms with Crippen LogP contribution in [0.15, 0.2) is 18.2 Å². The van der Waals surface area contributed by atoms with Crippen LogP contribution in [-0.4, -0.2) is 55.9 Å². The van der Waals surface area contributed by atoms with Crippen molar-refractivity contribution in [1.82, 2.24) is 4.90 Å². The summed E-state index contributed by atoms with van der Waals surface area (Å²) in [5, 5.41) is -0.110. The van der Waals surface area contributed by atoms with Gasteiger partial charge in [-0.3, -0.25) is 4.79 Å². The number of carbonyl (C=O) groups is 2. The smallest absolute Gasteiger partial charge is 0.343 e. The van der Waals surface area contributed by atoms with Gasteiger partial charge in [-0.25, -0.2) is 17.6 Å². The molecule has 6 nitrogen and oxygen atoms in total. The Morgan fingerprint density at radius 2 is 2.12 bits per heavy atom. The van der Waals surface area contributed by atoms with Crippen molar-refractivity contribution in [1.29, 1.82) is 0 Å². The molecule has 0 N–H and O–H groups in total. The molecule has 1 aromatic carbocycles. The summed E-state index contributed by atoms with van der Waals surface area (Å²) in [5.74, 6) is -2.47. The van der Waals surface area contributed by atoms with Gasteiger partial charge in [-0.05, 0) is 25.5 Å². The van der Waals surface area contributed by atoms with Gasteiger partial charge in [0.1, 0.15) is 11.4 Å².